The lowest BCUT2D eigenvalue weighted by Crippen LogP contribution is -2.47. The minimum absolute atomic E-state index is 0.0117. The highest BCUT2D eigenvalue weighted by atomic mass is 79.9. The fraction of sp³-hybridized carbons (Fsp3) is 0.316. The Morgan fingerprint density at radius 1 is 1.07 bits per heavy atom. The molecular formula is C19H21BrN2O5S. The van der Waals surface area contributed by atoms with Crippen LogP contribution in [0.15, 0.2) is 51.8 Å². The maximum absolute atomic E-state index is 12.8. The molecule has 1 aliphatic heterocycles. The van der Waals surface area contributed by atoms with Crippen LogP contribution in [0.1, 0.15) is 13.8 Å². The van der Waals surface area contributed by atoms with Crippen molar-refractivity contribution >= 4 is 37.5 Å². The smallest absolute Gasteiger partial charge is 0.242 e. The zero-order valence-electron chi connectivity index (χ0n) is 15.4. The van der Waals surface area contributed by atoms with E-state index in [-0.39, 0.29) is 10.8 Å². The first kappa shape index (κ1) is 20.6. The second kappa shape index (κ2) is 8.50. The molecule has 0 spiro atoms. The predicted molar refractivity (Wildman–Crippen MR) is 109 cm³/mol. The molecule has 7 nitrogen and oxygen atoms in total. The molecule has 9 heteroatoms. The zero-order chi connectivity index (χ0) is 20.3. The highest BCUT2D eigenvalue weighted by Gasteiger charge is 2.29. The van der Waals surface area contributed by atoms with Crippen LogP contribution >= 0.6 is 15.9 Å². The van der Waals surface area contributed by atoms with Gasteiger partial charge in [0.2, 0.25) is 15.9 Å². The van der Waals surface area contributed by atoms with E-state index in [2.05, 4.69) is 26.0 Å². The molecule has 2 N–H and O–H groups in total. The molecule has 1 atom stereocenters. The van der Waals surface area contributed by atoms with Gasteiger partial charge in [0.1, 0.15) is 19.3 Å². The van der Waals surface area contributed by atoms with Gasteiger partial charge in [-0.1, -0.05) is 35.8 Å². The standard InChI is InChI=1S/C19H21BrN2O5S/c1-12(2)18(19(23)21-14-5-3-4-13(20)10-14)22-28(24,25)15-6-7-16-17(11-15)27-9-8-26-16/h3-7,10-12,18,22H,8-9H2,1-2H3,(H,21,23). The molecule has 1 aliphatic rings. The lowest BCUT2D eigenvalue weighted by molar-refractivity contribution is -0.118. The van der Waals surface area contributed by atoms with Crippen LogP contribution in [0.5, 0.6) is 11.5 Å². The van der Waals surface area contributed by atoms with Crippen LogP contribution in [-0.2, 0) is 14.8 Å². The largest absolute Gasteiger partial charge is 0.486 e. The van der Waals surface area contributed by atoms with Crippen molar-refractivity contribution in [2.45, 2.75) is 24.8 Å². The van der Waals surface area contributed by atoms with Crippen LogP contribution in [0.2, 0.25) is 0 Å². The number of halogens is 1. The number of fused-ring (bicyclic) bond motifs is 1. The third-order valence-electron chi connectivity index (χ3n) is 4.15. The van der Waals surface area contributed by atoms with Gasteiger partial charge in [-0.15, -0.1) is 0 Å². The second-order valence-electron chi connectivity index (χ2n) is 6.65. The number of carbonyl (C=O) groups is 1. The van der Waals surface area contributed by atoms with Gasteiger partial charge in [-0.3, -0.25) is 4.79 Å². The third kappa shape index (κ3) is 4.84. The number of ether oxygens (including phenoxy) is 2. The number of sulfonamides is 1. The van der Waals surface area contributed by atoms with Crippen molar-refractivity contribution in [1.29, 1.82) is 0 Å². The number of carbonyl (C=O) groups excluding carboxylic acids is 1. The molecule has 0 bridgehead atoms. The van der Waals surface area contributed by atoms with Crippen molar-refractivity contribution in [2.24, 2.45) is 5.92 Å². The van der Waals surface area contributed by atoms with Gasteiger partial charge in [-0.05, 0) is 36.2 Å². The molecule has 0 saturated carbocycles. The first-order valence-electron chi connectivity index (χ1n) is 8.75. The Bertz CT molecular complexity index is 978. The molecule has 1 heterocycles. The summed E-state index contributed by atoms with van der Waals surface area (Å²) in [7, 11) is -3.94. The SMILES string of the molecule is CC(C)C(NS(=O)(=O)c1ccc2c(c1)OCCO2)C(=O)Nc1cccc(Br)c1. The molecular weight excluding hydrogens is 448 g/mol. The van der Waals surface area contributed by atoms with Crippen molar-refractivity contribution in [2.75, 3.05) is 18.5 Å². The van der Waals surface area contributed by atoms with Gasteiger partial charge in [0.15, 0.2) is 11.5 Å². The fourth-order valence-electron chi connectivity index (χ4n) is 2.70. The summed E-state index contributed by atoms with van der Waals surface area (Å²) in [6.45, 7) is 4.32. The quantitative estimate of drug-likeness (QED) is 0.678. The first-order chi connectivity index (χ1) is 13.3. The Labute approximate surface area is 172 Å². The van der Waals surface area contributed by atoms with Gasteiger partial charge in [0.25, 0.3) is 0 Å². The van der Waals surface area contributed by atoms with E-state index in [9.17, 15) is 13.2 Å². The third-order valence-corrected chi connectivity index (χ3v) is 6.08. The molecule has 1 unspecified atom stereocenters. The molecule has 0 radical (unpaired) electrons. The van der Waals surface area contributed by atoms with Crippen molar-refractivity contribution in [3.05, 3.63) is 46.9 Å². The summed E-state index contributed by atoms with van der Waals surface area (Å²) in [4.78, 5) is 12.7. The molecule has 0 saturated heterocycles. The Kier molecular flexibility index (Phi) is 6.26. The maximum Gasteiger partial charge on any atom is 0.242 e. The lowest BCUT2D eigenvalue weighted by atomic mass is 10.0. The van der Waals surface area contributed by atoms with Crippen LogP contribution in [0, 0.1) is 5.92 Å². The van der Waals surface area contributed by atoms with Gasteiger partial charge in [-0.25, -0.2) is 8.42 Å². The van der Waals surface area contributed by atoms with Gasteiger partial charge in [0.05, 0.1) is 4.90 Å². The van der Waals surface area contributed by atoms with E-state index in [1.807, 2.05) is 6.07 Å². The van der Waals surface area contributed by atoms with Crippen molar-refractivity contribution in [3.63, 3.8) is 0 Å². The van der Waals surface area contributed by atoms with Crippen LogP contribution < -0.4 is 19.5 Å². The number of rotatable bonds is 6. The van der Waals surface area contributed by atoms with Crippen molar-refractivity contribution in [3.8, 4) is 11.5 Å². The monoisotopic (exact) mass is 468 g/mol. The molecule has 3 rings (SSSR count). The highest BCUT2D eigenvalue weighted by molar-refractivity contribution is 9.10. The summed E-state index contributed by atoms with van der Waals surface area (Å²) in [5.41, 5.74) is 0.573. The van der Waals surface area contributed by atoms with Gasteiger partial charge < -0.3 is 14.8 Å². The van der Waals surface area contributed by atoms with Crippen LogP contribution in [-0.4, -0.2) is 33.6 Å². The molecule has 1 amide bonds. The van der Waals surface area contributed by atoms with E-state index in [0.29, 0.717) is 30.4 Å². The Hall–Kier alpha value is -2.10. The van der Waals surface area contributed by atoms with Crippen molar-refractivity contribution in [1.82, 2.24) is 4.72 Å². The number of hydrogen-bond acceptors (Lipinski definition) is 5. The minimum atomic E-state index is -3.94. The van der Waals surface area contributed by atoms with Crippen LogP contribution in [0.25, 0.3) is 0 Å². The lowest BCUT2D eigenvalue weighted by Gasteiger charge is -2.23. The summed E-state index contributed by atoms with van der Waals surface area (Å²) in [5, 5.41) is 2.75. The van der Waals surface area contributed by atoms with E-state index in [1.165, 1.54) is 12.1 Å². The van der Waals surface area contributed by atoms with E-state index in [4.69, 9.17) is 9.47 Å². The number of hydrogen-bond donors (Lipinski definition) is 2. The zero-order valence-corrected chi connectivity index (χ0v) is 17.8. The average Bonchev–Trinajstić information content (AvgIpc) is 2.65. The Morgan fingerprint density at radius 2 is 1.79 bits per heavy atom. The topological polar surface area (TPSA) is 93.7 Å². The number of anilines is 1. The van der Waals surface area contributed by atoms with Crippen LogP contribution in [0.3, 0.4) is 0 Å². The number of amides is 1. The van der Waals surface area contributed by atoms with E-state index in [0.717, 1.165) is 4.47 Å². The maximum atomic E-state index is 12.8. The predicted octanol–water partition coefficient (Wildman–Crippen LogP) is 3.16. The van der Waals surface area contributed by atoms with E-state index >= 15 is 0 Å². The first-order valence-corrected chi connectivity index (χ1v) is 11.0. The van der Waals surface area contributed by atoms with Crippen LogP contribution in [0.4, 0.5) is 5.69 Å². The fourth-order valence-corrected chi connectivity index (χ4v) is 4.46. The van der Waals surface area contributed by atoms with Gasteiger partial charge >= 0.3 is 0 Å². The van der Waals surface area contributed by atoms with Crippen molar-refractivity contribution < 1.29 is 22.7 Å². The normalized spacial score (nSPS) is 14.6. The van der Waals surface area contributed by atoms with Gasteiger partial charge in [-0.2, -0.15) is 4.72 Å². The summed E-state index contributed by atoms with van der Waals surface area (Å²) >= 11 is 3.34. The Balaban J connectivity index is 1.80. The average molecular weight is 469 g/mol. The highest BCUT2D eigenvalue weighted by Crippen LogP contribution is 2.32. The molecule has 0 aliphatic carbocycles. The van der Waals surface area contributed by atoms with Gasteiger partial charge in [0, 0.05) is 16.2 Å². The molecule has 0 aromatic heterocycles. The molecule has 2 aromatic carbocycles. The molecule has 0 fully saturated rings. The number of nitrogens with one attached hydrogen (secondary N) is 2. The second-order valence-corrected chi connectivity index (χ2v) is 9.28. The summed E-state index contributed by atoms with van der Waals surface area (Å²) < 4.78 is 39.9. The molecule has 2 aromatic rings. The summed E-state index contributed by atoms with van der Waals surface area (Å²) in [6, 6.07) is 10.5. The minimum Gasteiger partial charge on any atom is -0.486 e. The van der Waals surface area contributed by atoms with E-state index < -0.39 is 22.0 Å². The summed E-state index contributed by atoms with van der Waals surface area (Å²) in [6.07, 6.45) is 0. The Morgan fingerprint density at radius 3 is 2.46 bits per heavy atom. The summed E-state index contributed by atoms with van der Waals surface area (Å²) in [5.74, 6) is 0.167. The number of benzene rings is 2. The van der Waals surface area contributed by atoms with E-state index in [1.54, 1.807) is 38.1 Å². The molecule has 28 heavy (non-hydrogen) atoms. The molecule has 150 valence electrons.